The summed E-state index contributed by atoms with van der Waals surface area (Å²) in [5.41, 5.74) is 2.32. The fourth-order valence-corrected chi connectivity index (χ4v) is 5.44. The minimum atomic E-state index is -0.485. The van der Waals surface area contributed by atoms with Crippen LogP contribution in [0.1, 0.15) is 53.2 Å². The second-order valence-electron chi connectivity index (χ2n) is 9.27. The molecule has 0 aromatic heterocycles. The summed E-state index contributed by atoms with van der Waals surface area (Å²) in [5.74, 6) is 0.896. The Bertz CT molecular complexity index is 1070. The predicted molar refractivity (Wildman–Crippen MR) is 124 cm³/mol. The van der Waals surface area contributed by atoms with Gasteiger partial charge in [-0.05, 0) is 55.8 Å². The molecule has 0 spiro atoms. The van der Waals surface area contributed by atoms with E-state index >= 15 is 0 Å². The van der Waals surface area contributed by atoms with E-state index in [-0.39, 0.29) is 24.6 Å². The number of hydrogen-bond acceptors (Lipinski definition) is 5. The molecular formula is C26H31N3O4. The lowest BCUT2D eigenvalue weighted by Crippen LogP contribution is -2.50. The van der Waals surface area contributed by atoms with Gasteiger partial charge in [0.05, 0.1) is 12.0 Å². The van der Waals surface area contributed by atoms with Gasteiger partial charge in [0.25, 0.3) is 5.91 Å². The minimum absolute atomic E-state index is 0.0255. The lowest BCUT2D eigenvalue weighted by Gasteiger charge is -2.43. The van der Waals surface area contributed by atoms with E-state index in [4.69, 9.17) is 9.47 Å². The molecule has 7 nitrogen and oxygen atoms in total. The predicted octanol–water partition coefficient (Wildman–Crippen LogP) is 3.27. The molecule has 3 atom stereocenters. The molecule has 5 rings (SSSR count). The number of hydrogen-bond donors (Lipinski definition) is 0. The Morgan fingerprint density at radius 2 is 1.94 bits per heavy atom. The van der Waals surface area contributed by atoms with Crippen molar-refractivity contribution in [2.45, 2.75) is 37.8 Å². The SMILES string of the molecule is CCCN1C(=O)c2ccccc2C(C(=O)N(C)C2CCN(C)C2)C1c1ccc2c(c1)OCO2. The average molecular weight is 450 g/mol. The number of nitrogens with zero attached hydrogens (tertiary/aromatic N) is 3. The van der Waals surface area contributed by atoms with Crippen LogP contribution in [0, 0.1) is 0 Å². The molecule has 174 valence electrons. The zero-order valence-electron chi connectivity index (χ0n) is 19.5. The monoisotopic (exact) mass is 449 g/mol. The Kier molecular flexibility index (Phi) is 5.74. The van der Waals surface area contributed by atoms with Crippen LogP contribution >= 0.6 is 0 Å². The Hall–Kier alpha value is -3.06. The maximum Gasteiger partial charge on any atom is 0.254 e. The molecule has 0 aliphatic carbocycles. The van der Waals surface area contributed by atoms with Gasteiger partial charge in [0.2, 0.25) is 12.7 Å². The molecular weight excluding hydrogens is 418 g/mol. The van der Waals surface area contributed by atoms with Crippen LogP contribution in [0.4, 0.5) is 0 Å². The first-order chi connectivity index (χ1) is 16.0. The van der Waals surface area contributed by atoms with E-state index in [1.165, 1.54) is 0 Å². The molecule has 7 heteroatoms. The Balaban J connectivity index is 1.62. The van der Waals surface area contributed by atoms with Crippen molar-refractivity contribution in [3.63, 3.8) is 0 Å². The Labute approximate surface area is 194 Å². The highest BCUT2D eigenvalue weighted by Gasteiger charge is 2.46. The van der Waals surface area contributed by atoms with E-state index in [1.807, 2.05) is 59.3 Å². The highest BCUT2D eigenvalue weighted by Crippen LogP contribution is 2.46. The third-order valence-corrected chi connectivity index (χ3v) is 7.17. The number of likely N-dealkylation sites (N-methyl/N-ethyl adjacent to an activating group) is 2. The van der Waals surface area contributed by atoms with Crippen LogP contribution in [0.2, 0.25) is 0 Å². The first kappa shape index (κ1) is 21.8. The van der Waals surface area contributed by atoms with E-state index in [9.17, 15) is 9.59 Å². The lowest BCUT2D eigenvalue weighted by atomic mass is 9.78. The summed E-state index contributed by atoms with van der Waals surface area (Å²) >= 11 is 0. The van der Waals surface area contributed by atoms with Crippen LogP contribution in [0.3, 0.4) is 0 Å². The van der Waals surface area contributed by atoms with Gasteiger partial charge in [-0.3, -0.25) is 9.59 Å². The summed E-state index contributed by atoms with van der Waals surface area (Å²) < 4.78 is 11.1. The van der Waals surface area contributed by atoms with Gasteiger partial charge in [-0.2, -0.15) is 0 Å². The molecule has 2 aromatic rings. The summed E-state index contributed by atoms with van der Waals surface area (Å²) in [7, 11) is 4.00. The number of fused-ring (bicyclic) bond motifs is 2. The standard InChI is InChI=1S/C26H31N3O4/c1-4-12-29-24(17-9-10-21-22(14-17)33-16-32-21)23(19-7-5-6-8-20(19)25(29)30)26(31)28(3)18-11-13-27(2)15-18/h5-10,14,18,23-24H,4,11-13,15-16H2,1-3H3. The molecule has 2 aromatic carbocycles. The first-order valence-electron chi connectivity index (χ1n) is 11.7. The normalized spacial score (nSPS) is 24.2. The molecule has 2 amide bonds. The van der Waals surface area contributed by atoms with E-state index in [1.54, 1.807) is 0 Å². The molecule has 1 fully saturated rings. The number of benzene rings is 2. The van der Waals surface area contributed by atoms with Crippen molar-refractivity contribution in [3.8, 4) is 11.5 Å². The molecule has 0 saturated carbocycles. The smallest absolute Gasteiger partial charge is 0.254 e. The largest absolute Gasteiger partial charge is 0.454 e. The molecule has 0 bridgehead atoms. The van der Waals surface area contributed by atoms with Crippen molar-refractivity contribution in [1.29, 1.82) is 0 Å². The summed E-state index contributed by atoms with van der Waals surface area (Å²) in [6, 6.07) is 13.1. The quantitative estimate of drug-likeness (QED) is 0.701. The fraction of sp³-hybridized carbons (Fsp3) is 0.462. The van der Waals surface area contributed by atoms with Gasteiger partial charge in [-0.15, -0.1) is 0 Å². The van der Waals surface area contributed by atoms with Gasteiger partial charge < -0.3 is 24.2 Å². The first-order valence-corrected chi connectivity index (χ1v) is 11.7. The molecule has 1 saturated heterocycles. The molecule has 0 N–H and O–H groups in total. The van der Waals surface area contributed by atoms with Gasteiger partial charge >= 0.3 is 0 Å². The van der Waals surface area contributed by atoms with E-state index in [2.05, 4.69) is 18.9 Å². The van der Waals surface area contributed by atoms with Gasteiger partial charge in [-0.25, -0.2) is 0 Å². The average Bonchev–Trinajstić information content (AvgIpc) is 3.48. The van der Waals surface area contributed by atoms with E-state index in [0.29, 0.717) is 23.6 Å². The van der Waals surface area contributed by atoms with Gasteiger partial charge in [0, 0.05) is 31.7 Å². The zero-order valence-corrected chi connectivity index (χ0v) is 19.5. The van der Waals surface area contributed by atoms with Gasteiger partial charge in [-0.1, -0.05) is 31.2 Å². The van der Waals surface area contributed by atoms with Gasteiger partial charge in [0.1, 0.15) is 0 Å². The zero-order chi connectivity index (χ0) is 23.1. The number of ether oxygens (including phenoxy) is 2. The molecule has 3 unspecified atom stereocenters. The molecule has 3 heterocycles. The topological polar surface area (TPSA) is 62.3 Å². The van der Waals surface area contributed by atoms with Crippen molar-refractivity contribution < 1.29 is 19.1 Å². The summed E-state index contributed by atoms with van der Waals surface area (Å²) in [5, 5.41) is 0. The number of carbonyl (C=O) groups is 2. The van der Waals surface area contributed by atoms with E-state index < -0.39 is 12.0 Å². The van der Waals surface area contributed by atoms with Crippen molar-refractivity contribution in [2.24, 2.45) is 0 Å². The number of likely N-dealkylation sites (tertiary alicyclic amines) is 1. The molecule has 3 aliphatic heterocycles. The van der Waals surface area contributed by atoms with Crippen LogP contribution < -0.4 is 9.47 Å². The molecule has 33 heavy (non-hydrogen) atoms. The number of carbonyl (C=O) groups excluding carboxylic acids is 2. The third-order valence-electron chi connectivity index (χ3n) is 7.17. The Morgan fingerprint density at radius 1 is 1.15 bits per heavy atom. The summed E-state index contributed by atoms with van der Waals surface area (Å²) in [6.45, 7) is 4.66. The maximum absolute atomic E-state index is 14.1. The highest BCUT2D eigenvalue weighted by molar-refractivity contribution is 6.01. The number of rotatable bonds is 5. The minimum Gasteiger partial charge on any atom is -0.454 e. The van der Waals surface area contributed by atoms with Crippen LogP contribution in [-0.4, -0.2) is 73.1 Å². The highest BCUT2D eigenvalue weighted by atomic mass is 16.7. The van der Waals surface area contributed by atoms with E-state index in [0.717, 1.165) is 37.1 Å². The van der Waals surface area contributed by atoms with Crippen molar-refractivity contribution in [2.75, 3.05) is 40.5 Å². The maximum atomic E-state index is 14.1. The fourth-order valence-electron chi connectivity index (χ4n) is 5.44. The third kappa shape index (κ3) is 3.74. The van der Waals surface area contributed by atoms with Crippen LogP contribution in [-0.2, 0) is 4.79 Å². The molecule has 3 aliphatic rings. The van der Waals surface area contributed by atoms with Crippen molar-refractivity contribution in [3.05, 3.63) is 59.2 Å². The van der Waals surface area contributed by atoms with Crippen molar-refractivity contribution in [1.82, 2.24) is 14.7 Å². The summed E-state index contributed by atoms with van der Waals surface area (Å²) in [4.78, 5) is 33.8. The van der Waals surface area contributed by atoms with Crippen LogP contribution in [0.15, 0.2) is 42.5 Å². The Morgan fingerprint density at radius 3 is 2.70 bits per heavy atom. The second kappa shape index (κ2) is 8.71. The van der Waals surface area contributed by atoms with Crippen LogP contribution in [0.25, 0.3) is 0 Å². The van der Waals surface area contributed by atoms with Crippen LogP contribution in [0.5, 0.6) is 11.5 Å². The lowest BCUT2D eigenvalue weighted by molar-refractivity contribution is -0.135. The second-order valence-corrected chi connectivity index (χ2v) is 9.27. The number of amides is 2. The van der Waals surface area contributed by atoms with Crippen molar-refractivity contribution >= 4 is 11.8 Å². The van der Waals surface area contributed by atoms with Gasteiger partial charge in [0.15, 0.2) is 11.5 Å². The molecule has 0 radical (unpaired) electrons. The summed E-state index contributed by atoms with van der Waals surface area (Å²) in [6.07, 6.45) is 1.76.